The van der Waals surface area contributed by atoms with E-state index >= 15 is 4.39 Å². The van der Waals surface area contributed by atoms with Crippen molar-refractivity contribution in [2.45, 2.75) is 32.0 Å². The number of benzene rings is 1. The Morgan fingerprint density at radius 2 is 1.94 bits per heavy atom. The van der Waals surface area contributed by atoms with E-state index in [1.807, 2.05) is 11.0 Å². The van der Waals surface area contributed by atoms with Gasteiger partial charge >= 0.3 is 0 Å². The lowest BCUT2D eigenvalue weighted by molar-refractivity contribution is -0.136. The molecule has 0 aliphatic carbocycles. The van der Waals surface area contributed by atoms with E-state index in [0.717, 1.165) is 18.7 Å². The predicted molar refractivity (Wildman–Crippen MR) is 119 cm³/mol. The summed E-state index contributed by atoms with van der Waals surface area (Å²) < 4.78 is 15.0. The van der Waals surface area contributed by atoms with Crippen molar-refractivity contribution in [1.82, 2.24) is 20.1 Å². The van der Waals surface area contributed by atoms with Crippen LogP contribution in [0.25, 0.3) is 0 Å². The van der Waals surface area contributed by atoms with Gasteiger partial charge in [0.25, 0.3) is 5.91 Å². The SMILES string of the molecule is O=C1CCC(N2Cc3cc(N4CCN(Cc5ccncc5Cl)CC4)c(F)cc3C2=O)C(=O)N1. The van der Waals surface area contributed by atoms with Crippen LogP contribution in [-0.2, 0) is 22.7 Å². The van der Waals surface area contributed by atoms with Crippen LogP contribution in [0.3, 0.4) is 0 Å². The maximum absolute atomic E-state index is 15.0. The van der Waals surface area contributed by atoms with Gasteiger partial charge in [-0.05, 0) is 35.7 Å². The predicted octanol–water partition coefficient (Wildman–Crippen LogP) is 1.96. The zero-order valence-electron chi connectivity index (χ0n) is 17.9. The summed E-state index contributed by atoms with van der Waals surface area (Å²) in [5, 5.41) is 2.92. The number of halogens is 2. The topological polar surface area (TPSA) is 85.9 Å². The van der Waals surface area contributed by atoms with Crippen LogP contribution in [0, 0.1) is 5.82 Å². The second-order valence-electron chi connectivity index (χ2n) is 8.59. The monoisotopic (exact) mass is 471 g/mol. The lowest BCUT2D eigenvalue weighted by Gasteiger charge is -2.36. The molecule has 1 aromatic heterocycles. The van der Waals surface area contributed by atoms with Crippen LogP contribution in [0.15, 0.2) is 30.6 Å². The smallest absolute Gasteiger partial charge is 0.255 e. The van der Waals surface area contributed by atoms with E-state index < -0.39 is 17.8 Å². The third-order valence-electron chi connectivity index (χ3n) is 6.55. The number of anilines is 1. The molecule has 3 aliphatic rings. The van der Waals surface area contributed by atoms with Gasteiger partial charge < -0.3 is 9.80 Å². The summed E-state index contributed by atoms with van der Waals surface area (Å²) in [5.74, 6) is -1.63. The first-order valence-electron chi connectivity index (χ1n) is 10.9. The number of amides is 3. The highest BCUT2D eigenvalue weighted by Crippen LogP contribution is 2.33. The number of nitrogens with one attached hydrogen (secondary N) is 1. The zero-order valence-corrected chi connectivity index (χ0v) is 18.6. The molecule has 0 spiro atoms. The fraction of sp³-hybridized carbons (Fsp3) is 0.391. The van der Waals surface area contributed by atoms with Gasteiger partial charge in [-0.3, -0.25) is 29.6 Å². The Bertz CT molecular complexity index is 1140. The fourth-order valence-electron chi connectivity index (χ4n) is 4.74. The Labute approximate surface area is 195 Å². The van der Waals surface area contributed by atoms with Crippen molar-refractivity contribution in [2.24, 2.45) is 0 Å². The highest BCUT2D eigenvalue weighted by molar-refractivity contribution is 6.31. The van der Waals surface area contributed by atoms with Gasteiger partial charge in [0, 0.05) is 63.6 Å². The minimum absolute atomic E-state index is 0.186. The molecule has 3 amide bonds. The van der Waals surface area contributed by atoms with Crippen molar-refractivity contribution >= 4 is 35.0 Å². The van der Waals surface area contributed by atoms with Crippen molar-refractivity contribution in [2.75, 3.05) is 31.1 Å². The lowest BCUT2D eigenvalue weighted by atomic mass is 10.0. The second-order valence-corrected chi connectivity index (χ2v) is 9.00. The Morgan fingerprint density at radius 3 is 2.67 bits per heavy atom. The Balaban J connectivity index is 1.27. The summed E-state index contributed by atoms with van der Waals surface area (Å²) in [6.45, 7) is 3.71. The van der Waals surface area contributed by atoms with E-state index in [1.54, 1.807) is 18.5 Å². The van der Waals surface area contributed by atoms with Gasteiger partial charge in [0.1, 0.15) is 11.9 Å². The minimum atomic E-state index is -0.710. The number of piperazine rings is 1. The number of carbonyl (C=O) groups excluding carboxylic acids is 3. The van der Waals surface area contributed by atoms with Crippen LogP contribution < -0.4 is 10.2 Å². The molecular weight excluding hydrogens is 449 g/mol. The molecule has 1 aromatic carbocycles. The molecule has 0 radical (unpaired) electrons. The zero-order chi connectivity index (χ0) is 23.1. The normalized spacial score (nSPS) is 21.4. The molecule has 5 rings (SSSR count). The first kappa shape index (κ1) is 21.8. The van der Waals surface area contributed by atoms with Crippen LogP contribution in [-0.4, -0.2) is 64.7 Å². The number of hydrogen-bond donors (Lipinski definition) is 1. The van der Waals surface area contributed by atoms with Crippen LogP contribution in [0.4, 0.5) is 10.1 Å². The number of carbonyl (C=O) groups is 3. The van der Waals surface area contributed by atoms with Gasteiger partial charge in [-0.25, -0.2) is 4.39 Å². The van der Waals surface area contributed by atoms with E-state index in [4.69, 9.17) is 11.6 Å². The molecule has 33 heavy (non-hydrogen) atoms. The second kappa shape index (κ2) is 8.72. The van der Waals surface area contributed by atoms with Gasteiger partial charge in [0.05, 0.1) is 10.7 Å². The van der Waals surface area contributed by atoms with E-state index in [9.17, 15) is 14.4 Å². The number of pyridine rings is 1. The molecule has 3 aliphatic heterocycles. The summed E-state index contributed by atoms with van der Waals surface area (Å²) in [7, 11) is 0. The Morgan fingerprint density at radius 1 is 1.15 bits per heavy atom. The maximum Gasteiger partial charge on any atom is 0.255 e. The van der Waals surface area contributed by atoms with Crippen molar-refractivity contribution < 1.29 is 18.8 Å². The summed E-state index contributed by atoms with van der Waals surface area (Å²) in [4.78, 5) is 46.2. The number of piperidine rings is 1. The van der Waals surface area contributed by atoms with Crippen LogP contribution in [0.1, 0.15) is 34.3 Å². The van der Waals surface area contributed by atoms with Crippen LogP contribution in [0.5, 0.6) is 0 Å². The highest BCUT2D eigenvalue weighted by atomic mass is 35.5. The van der Waals surface area contributed by atoms with Gasteiger partial charge in [0.2, 0.25) is 11.8 Å². The van der Waals surface area contributed by atoms with E-state index in [1.165, 1.54) is 11.0 Å². The molecular formula is C23H23ClFN5O3. The summed E-state index contributed by atoms with van der Waals surface area (Å²) in [6, 6.07) is 4.20. The summed E-state index contributed by atoms with van der Waals surface area (Å²) in [5.41, 5.74) is 2.46. The van der Waals surface area contributed by atoms with E-state index in [2.05, 4.69) is 15.2 Å². The van der Waals surface area contributed by atoms with E-state index in [0.29, 0.717) is 35.9 Å². The first-order valence-corrected chi connectivity index (χ1v) is 11.3. The molecule has 4 heterocycles. The van der Waals surface area contributed by atoms with Crippen molar-refractivity contribution in [3.05, 3.63) is 58.1 Å². The minimum Gasteiger partial charge on any atom is -0.367 e. The summed E-state index contributed by atoms with van der Waals surface area (Å²) in [6.07, 6.45) is 3.82. The molecule has 0 saturated carbocycles. The number of imide groups is 1. The van der Waals surface area contributed by atoms with Gasteiger partial charge in [0.15, 0.2) is 0 Å². The van der Waals surface area contributed by atoms with Crippen molar-refractivity contribution in [1.29, 1.82) is 0 Å². The number of fused-ring (bicyclic) bond motifs is 1. The number of aromatic nitrogens is 1. The Hall–Kier alpha value is -3.04. The highest BCUT2D eigenvalue weighted by Gasteiger charge is 2.39. The molecule has 8 nitrogen and oxygen atoms in total. The first-order chi connectivity index (χ1) is 15.9. The van der Waals surface area contributed by atoms with Gasteiger partial charge in [-0.15, -0.1) is 0 Å². The van der Waals surface area contributed by atoms with Crippen molar-refractivity contribution in [3.63, 3.8) is 0 Å². The van der Waals surface area contributed by atoms with Crippen LogP contribution >= 0.6 is 11.6 Å². The molecule has 2 fully saturated rings. The molecule has 0 bridgehead atoms. The largest absolute Gasteiger partial charge is 0.367 e. The summed E-state index contributed by atoms with van der Waals surface area (Å²) >= 11 is 6.22. The molecule has 10 heteroatoms. The fourth-order valence-corrected chi connectivity index (χ4v) is 4.92. The molecule has 172 valence electrons. The van der Waals surface area contributed by atoms with Gasteiger partial charge in [-0.2, -0.15) is 0 Å². The number of nitrogens with zero attached hydrogens (tertiary/aromatic N) is 4. The molecule has 1 atom stereocenters. The van der Waals surface area contributed by atoms with Crippen LogP contribution in [0.2, 0.25) is 5.02 Å². The molecule has 1 N–H and O–H groups in total. The molecule has 2 aromatic rings. The average Bonchev–Trinajstić information content (AvgIpc) is 3.11. The average molecular weight is 472 g/mol. The van der Waals surface area contributed by atoms with Gasteiger partial charge in [-0.1, -0.05) is 11.6 Å². The third kappa shape index (κ3) is 4.18. The van der Waals surface area contributed by atoms with E-state index in [-0.39, 0.29) is 36.8 Å². The molecule has 1 unspecified atom stereocenters. The number of rotatable bonds is 4. The van der Waals surface area contributed by atoms with Crippen molar-refractivity contribution in [3.8, 4) is 0 Å². The molecule has 2 saturated heterocycles. The number of hydrogen-bond acceptors (Lipinski definition) is 6. The lowest BCUT2D eigenvalue weighted by Crippen LogP contribution is -2.52. The third-order valence-corrected chi connectivity index (χ3v) is 6.89. The quantitative estimate of drug-likeness (QED) is 0.686. The Kier molecular flexibility index (Phi) is 5.76. The maximum atomic E-state index is 15.0. The standard InChI is InChI=1S/C23H23ClFN5O3/c24-17-11-26-4-3-14(17)12-28-5-7-29(8-6-28)20-9-15-13-30(23(33)16(15)10-18(20)25)19-1-2-21(31)27-22(19)32/h3-4,9-11,19H,1-2,5-8,12-13H2,(H,27,31,32).